The Morgan fingerprint density at radius 2 is 2.00 bits per heavy atom. The number of hydrogen-bond donors (Lipinski definition) is 2. The van der Waals surface area contributed by atoms with Crippen LogP contribution >= 0.6 is 0 Å². The molecule has 2 atom stereocenters. The monoisotopic (exact) mass is 284 g/mol. The number of piperidine rings is 1. The quantitative estimate of drug-likeness (QED) is 0.891. The van der Waals surface area contributed by atoms with E-state index in [1.165, 1.54) is 12.1 Å². The fourth-order valence-electron chi connectivity index (χ4n) is 2.79. The van der Waals surface area contributed by atoms with E-state index in [2.05, 4.69) is 4.90 Å². The Balaban J connectivity index is 1.90. The lowest BCUT2D eigenvalue weighted by Gasteiger charge is -2.37. The molecule has 5 heteroatoms. The maximum atomic E-state index is 13.1. The lowest BCUT2D eigenvalue weighted by molar-refractivity contribution is -0.0161. The second kappa shape index (κ2) is 6.16. The maximum Gasteiger partial charge on any atom is 0.126 e. The molecule has 1 aromatic rings. The summed E-state index contributed by atoms with van der Waals surface area (Å²) in [6.07, 6.45) is 2.38. The minimum atomic E-state index is -0.646. The Kier molecular flexibility index (Phi) is 4.73. The van der Waals surface area contributed by atoms with Gasteiger partial charge in [-0.3, -0.25) is 0 Å². The van der Waals surface area contributed by atoms with Gasteiger partial charge in [-0.1, -0.05) is 0 Å². The second-order valence-electron chi connectivity index (χ2n) is 5.97. The number of aliphatic hydroxyl groups is 1. The van der Waals surface area contributed by atoms with Crippen molar-refractivity contribution in [2.75, 3.05) is 19.6 Å². The third-order valence-corrected chi connectivity index (χ3v) is 3.82. The Labute approximate surface area is 118 Å². The largest absolute Gasteiger partial charge is 0.389 e. The number of rotatable bonds is 4. The van der Waals surface area contributed by atoms with Crippen LogP contribution in [0.1, 0.15) is 37.8 Å². The van der Waals surface area contributed by atoms with Gasteiger partial charge in [0.2, 0.25) is 0 Å². The lowest BCUT2D eigenvalue weighted by atomic mass is 9.94. The molecule has 112 valence electrons. The molecule has 2 unspecified atom stereocenters. The van der Waals surface area contributed by atoms with Crippen LogP contribution in [0.4, 0.5) is 8.78 Å². The van der Waals surface area contributed by atoms with Crippen LogP contribution in [0, 0.1) is 11.6 Å². The van der Waals surface area contributed by atoms with Crippen LogP contribution in [0.15, 0.2) is 18.2 Å². The summed E-state index contributed by atoms with van der Waals surface area (Å²) in [5, 5.41) is 10.0. The Morgan fingerprint density at radius 1 is 1.35 bits per heavy atom. The smallest absolute Gasteiger partial charge is 0.126 e. The molecule has 0 bridgehead atoms. The highest BCUT2D eigenvalue weighted by Crippen LogP contribution is 2.22. The number of likely N-dealkylation sites (tertiary alicyclic amines) is 1. The van der Waals surface area contributed by atoms with E-state index in [1.54, 1.807) is 0 Å². The number of benzene rings is 1. The first kappa shape index (κ1) is 15.4. The maximum absolute atomic E-state index is 13.1. The fourth-order valence-corrected chi connectivity index (χ4v) is 2.79. The Bertz CT molecular complexity index is 445. The van der Waals surface area contributed by atoms with E-state index in [0.29, 0.717) is 18.5 Å². The van der Waals surface area contributed by atoms with Crippen LogP contribution < -0.4 is 5.73 Å². The molecule has 0 radical (unpaired) electrons. The van der Waals surface area contributed by atoms with Gasteiger partial charge < -0.3 is 15.7 Å². The van der Waals surface area contributed by atoms with Crippen molar-refractivity contribution < 1.29 is 13.9 Å². The first-order valence-electron chi connectivity index (χ1n) is 7.02. The molecule has 3 N–H and O–H groups in total. The third-order valence-electron chi connectivity index (χ3n) is 3.82. The molecule has 3 nitrogen and oxygen atoms in total. The van der Waals surface area contributed by atoms with Crippen molar-refractivity contribution in [1.29, 1.82) is 0 Å². The zero-order chi connectivity index (χ0) is 14.8. The van der Waals surface area contributed by atoms with E-state index in [-0.39, 0.29) is 0 Å². The van der Waals surface area contributed by atoms with Crippen molar-refractivity contribution in [3.8, 4) is 0 Å². The van der Waals surface area contributed by atoms with Gasteiger partial charge in [0.15, 0.2) is 0 Å². The molecule has 0 amide bonds. The van der Waals surface area contributed by atoms with E-state index in [1.807, 2.05) is 6.92 Å². The highest BCUT2D eigenvalue weighted by Gasteiger charge is 2.28. The van der Waals surface area contributed by atoms with E-state index in [4.69, 9.17) is 5.73 Å². The minimum Gasteiger partial charge on any atom is -0.389 e. The molecule has 0 spiro atoms. The van der Waals surface area contributed by atoms with Crippen LogP contribution in [-0.4, -0.2) is 35.2 Å². The molecule has 1 aromatic carbocycles. The van der Waals surface area contributed by atoms with Gasteiger partial charge in [0.1, 0.15) is 11.6 Å². The van der Waals surface area contributed by atoms with E-state index < -0.39 is 23.3 Å². The molecular formula is C15H22F2N2O. The highest BCUT2D eigenvalue weighted by atomic mass is 19.1. The van der Waals surface area contributed by atoms with Crippen molar-refractivity contribution >= 4 is 0 Å². The zero-order valence-corrected chi connectivity index (χ0v) is 11.8. The summed E-state index contributed by atoms with van der Waals surface area (Å²) >= 11 is 0. The van der Waals surface area contributed by atoms with Gasteiger partial charge in [-0.25, -0.2) is 8.78 Å². The topological polar surface area (TPSA) is 49.5 Å². The Hall–Kier alpha value is -1.04. The van der Waals surface area contributed by atoms with Gasteiger partial charge in [-0.2, -0.15) is 0 Å². The molecule has 1 aliphatic heterocycles. The molecule has 1 saturated heterocycles. The molecule has 2 rings (SSSR count). The lowest BCUT2D eigenvalue weighted by Crippen LogP contribution is -2.46. The van der Waals surface area contributed by atoms with Crippen molar-refractivity contribution in [3.63, 3.8) is 0 Å². The standard InChI is InChI=1S/C15H22F2N2O/c1-15(20)4-2-5-19(10-15)6-3-14(18)11-7-12(16)9-13(17)8-11/h7-9,14,20H,2-6,10,18H2,1H3. The average Bonchev–Trinajstić information content (AvgIpc) is 2.33. The van der Waals surface area contributed by atoms with Gasteiger partial charge in [0.05, 0.1) is 5.60 Å². The second-order valence-corrected chi connectivity index (χ2v) is 5.97. The molecule has 1 aliphatic rings. The average molecular weight is 284 g/mol. The summed E-state index contributed by atoms with van der Waals surface area (Å²) in [7, 11) is 0. The summed E-state index contributed by atoms with van der Waals surface area (Å²) < 4.78 is 26.3. The summed E-state index contributed by atoms with van der Waals surface area (Å²) in [5.41, 5.74) is 5.83. The molecule has 0 saturated carbocycles. The molecule has 0 aromatic heterocycles. The van der Waals surface area contributed by atoms with E-state index in [9.17, 15) is 13.9 Å². The summed E-state index contributed by atoms with van der Waals surface area (Å²) in [6, 6.07) is 3.00. The van der Waals surface area contributed by atoms with Gasteiger partial charge in [0, 0.05) is 25.2 Å². The number of β-amino-alcohol motifs (C(OH)–C–C–N with tert-alkyl or cyclic N) is 1. The van der Waals surface area contributed by atoms with Gasteiger partial charge in [-0.15, -0.1) is 0 Å². The van der Waals surface area contributed by atoms with Crippen LogP contribution in [0.2, 0.25) is 0 Å². The zero-order valence-electron chi connectivity index (χ0n) is 11.8. The predicted molar refractivity (Wildman–Crippen MR) is 74.2 cm³/mol. The molecule has 1 heterocycles. The molecule has 20 heavy (non-hydrogen) atoms. The number of nitrogens with zero attached hydrogens (tertiary/aromatic N) is 1. The van der Waals surface area contributed by atoms with Gasteiger partial charge in [-0.05, 0) is 50.4 Å². The summed E-state index contributed by atoms with van der Waals surface area (Å²) in [4.78, 5) is 2.15. The van der Waals surface area contributed by atoms with E-state index in [0.717, 1.165) is 32.0 Å². The third kappa shape index (κ3) is 4.23. The highest BCUT2D eigenvalue weighted by molar-refractivity contribution is 5.21. The minimum absolute atomic E-state index is 0.396. The van der Waals surface area contributed by atoms with Gasteiger partial charge in [0.25, 0.3) is 0 Å². The summed E-state index contributed by atoms with van der Waals surface area (Å²) in [6.45, 7) is 4.11. The van der Waals surface area contributed by atoms with Crippen LogP contribution in [0.25, 0.3) is 0 Å². The SMILES string of the molecule is CC1(O)CCCN(CCC(N)c2cc(F)cc(F)c2)C1. The molecular weight excluding hydrogens is 262 g/mol. The Morgan fingerprint density at radius 3 is 2.60 bits per heavy atom. The van der Waals surface area contributed by atoms with Crippen molar-refractivity contribution in [2.24, 2.45) is 5.73 Å². The first-order chi connectivity index (χ1) is 9.35. The normalized spacial score (nSPS) is 25.6. The molecule has 0 aliphatic carbocycles. The van der Waals surface area contributed by atoms with Crippen LogP contribution in [0.3, 0.4) is 0 Å². The number of hydrogen-bond acceptors (Lipinski definition) is 3. The fraction of sp³-hybridized carbons (Fsp3) is 0.600. The van der Waals surface area contributed by atoms with Crippen LogP contribution in [0.5, 0.6) is 0 Å². The summed E-state index contributed by atoms with van der Waals surface area (Å²) in [5.74, 6) is -1.20. The van der Waals surface area contributed by atoms with Gasteiger partial charge >= 0.3 is 0 Å². The van der Waals surface area contributed by atoms with Crippen molar-refractivity contribution in [2.45, 2.75) is 37.8 Å². The number of halogens is 2. The van der Waals surface area contributed by atoms with Crippen molar-refractivity contribution in [1.82, 2.24) is 4.90 Å². The van der Waals surface area contributed by atoms with E-state index >= 15 is 0 Å². The number of nitrogens with two attached hydrogens (primary N) is 1. The van der Waals surface area contributed by atoms with Crippen molar-refractivity contribution in [3.05, 3.63) is 35.4 Å². The first-order valence-corrected chi connectivity index (χ1v) is 7.02. The molecule has 1 fully saturated rings. The van der Waals surface area contributed by atoms with Crippen LogP contribution in [-0.2, 0) is 0 Å². The predicted octanol–water partition coefficient (Wildman–Crippen LogP) is 2.20.